The summed E-state index contributed by atoms with van der Waals surface area (Å²) in [5.74, 6) is -2.56. The summed E-state index contributed by atoms with van der Waals surface area (Å²) in [6, 6.07) is 4.08. The zero-order chi connectivity index (χ0) is 20.8. The number of halogens is 3. The highest BCUT2D eigenvalue weighted by molar-refractivity contribution is 6.00. The number of nitrogens with one attached hydrogen (secondary N) is 2. The van der Waals surface area contributed by atoms with Crippen molar-refractivity contribution in [1.82, 2.24) is 15.6 Å². The smallest absolute Gasteiger partial charge is 0.437 e. The number of aliphatic hydroxyl groups is 1. The highest BCUT2D eigenvalue weighted by Gasteiger charge is 2.66. The average Bonchev–Trinajstić information content (AvgIpc) is 3.14. The molecule has 11 heteroatoms. The van der Waals surface area contributed by atoms with E-state index >= 15 is 0 Å². The summed E-state index contributed by atoms with van der Waals surface area (Å²) in [4.78, 5) is 28.8. The molecular weight excluding hydrogens is 395 g/mol. The molecule has 1 aromatic carbocycles. The van der Waals surface area contributed by atoms with E-state index in [1.165, 1.54) is 41.8 Å². The zero-order valence-electron chi connectivity index (χ0n) is 14.6. The number of hydrogen-bond donors (Lipinski definition) is 3. The molecule has 4 rings (SSSR count). The van der Waals surface area contributed by atoms with E-state index in [-0.39, 0.29) is 23.7 Å². The normalized spacial score (nSPS) is 25.9. The summed E-state index contributed by atoms with van der Waals surface area (Å²) in [5, 5.41) is 14.3. The Labute approximate surface area is 161 Å². The molecule has 3 N–H and O–H groups in total. The van der Waals surface area contributed by atoms with Crippen molar-refractivity contribution in [2.24, 2.45) is 5.92 Å². The third kappa shape index (κ3) is 3.12. The summed E-state index contributed by atoms with van der Waals surface area (Å²) >= 11 is 0. The number of amides is 2. The molecule has 0 bridgehead atoms. The van der Waals surface area contributed by atoms with Gasteiger partial charge in [0.15, 0.2) is 17.3 Å². The predicted octanol–water partition coefficient (Wildman–Crippen LogP) is 1.91. The first kappa shape index (κ1) is 19.0. The van der Waals surface area contributed by atoms with Crippen LogP contribution in [0, 0.1) is 5.92 Å². The zero-order valence-corrected chi connectivity index (χ0v) is 14.6. The molecule has 2 aliphatic heterocycles. The van der Waals surface area contributed by atoms with E-state index < -0.39 is 35.7 Å². The predicted molar refractivity (Wildman–Crippen MR) is 90.0 cm³/mol. The van der Waals surface area contributed by atoms with Crippen LogP contribution < -0.4 is 20.1 Å². The van der Waals surface area contributed by atoms with Crippen LogP contribution in [0.5, 0.6) is 11.5 Å². The van der Waals surface area contributed by atoms with E-state index in [0.717, 1.165) is 6.20 Å². The number of ether oxygens (including phenoxy) is 2. The summed E-state index contributed by atoms with van der Waals surface area (Å²) < 4.78 is 51.9. The van der Waals surface area contributed by atoms with Crippen LogP contribution in [0.15, 0.2) is 42.7 Å². The summed E-state index contributed by atoms with van der Waals surface area (Å²) in [6.07, 6.45) is -2.89. The van der Waals surface area contributed by atoms with Gasteiger partial charge in [0.2, 0.25) is 12.5 Å². The monoisotopic (exact) mass is 409 g/mol. The number of pyridine rings is 1. The lowest BCUT2D eigenvalue weighted by Crippen LogP contribution is -2.72. The van der Waals surface area contributed by atoms with Gasteiger partial charge in [-0.2, -0.15) is 13.2 Å². The first-order chi connectivity index (χ1) is 13.7. The van der Waals surface area contributed by atoms with Crippen LogP contribution in [0.1, 0.15) is 22.0 Å². The third-order valence-corrected chi connectivity index (χ3v) is 4.79. The molecule has 0 spiro atoms. The van der Waals surface area contributed by atoms with E-state index in [1.54, 1.807) is 0 Å². The van der Waals surface area contributed by atoms with Crippen molar-refractivity contribution < 1.29 is 37.3 Å². The van der Waals surface area contributed by atoms with Crippen molar-refractivity contribution in [1.29, 1.82) is 0 Å². The topological polar surface area (TPSA) is 110 Å². The standard InChI is InChI=1S/C18H14F3N3O5/c19-18(20,21)17(27)13(15(25)10-2-1-5-22-7-10)14(23-16(26)24-17)9-3-4-11-12(6-9)29-8-28-11/h1-7,13-14,27H,8H2,(H2,23,24,26)/t13-,14+,17+/m0/s1. The highest BCUT2D eigenvalue weighted by Crippen LogP contribution is 2.45. The minimum absolute atomic E-state index is 0.0676. The van der Waals surface area contributed by atoms with E-state index in [9.17, 15) is 27.9 Å². The van der Waals surface area contributed by atoms with Gasteiger partial charge in [-0.3, -0.25) is 9.78 Å². The summed E-state index contributed by atoms with van der Waals surface area (Å²) in [7, 11) is 0. The molecule has 0 aliphatic carbocycles. The summed E-state index contributed by atoms with van der Waals surface area (Å²) in [6.45, 7) is -0.0676. The highest BCUT2D eigenvalue weighted by atomic mass is 19.4. The van der Waals surface area contributed by atoms with E-state index in [4.69, 9.17) is 9.47 Å². The number of rotatable bonds is 3. The van der Waals surface area contributed by atoms with Gasteiger partial charge in [-0.05, 0) is 29.8 Å². The number of benzene rings is 1. The molecule has 1 saturated heterocycles. The number of nitrogens with zero attached hydrogens (tertiary/aromatic N) is 1. The van der Waals surface area contributed by atoms with Crippen LogP contribution in [0.25, 0.3) is 0 Å². The van der Waals surface area contributed by atoms with Crippen molar-refractivity contribution in [2.45, 2.75) is 17.9 Å². The first-order valence-electron chi connectivity index (χ1n) is 8.42. The molecule has 2 aliphatic rings. The SMILES string of the molecule is O=C1N[C@H](c2ccc3c(c2)OCO3)[C@@H](C(=O)c2cccnc2)[C@@](O)(C(F)(F)F)N1. The molecule has 3 heterocycles. The van der Waals surface area contributed by atoms with Gasteiger partial charge < -0.3 is 25.2 Å². The maximum atomic E-state index is 13.8. The average molecular weight is 409 g/mol. The number of hydrogen-bond acceptors (Lipinski definition) is 6. The van der Waals surface area contributed by atoms with Crippen molar-refractivity contribution in [2.75, 3.05) is 6.79 Å². The Morgan fingerprint density at radius 2 is 2.00 bits per heavy atom. The van der Waals surface area contributed by atoms with Crippen molar-refractivity contribution >= 4 is 11.8 Å². The van der Waals surface area contributed by atoms with E-state index in [0.29, 0.717) is 5.75 Å². The second-order valence-corrected chi connectivity index (χ2v) is 6.54. The largest absolute Gasteiger partial charge is 0.454 e. The fourth-order valence-electron chi connectivity index (χ4n) is 3.41. The van der Waals surface area contributed by atoms with Crippen molar-refractivity contribution in [3.05, 3.63) is 53.9 Å². The van der Waals surface area contributed by atoms with Gasteiger partial charge in [-0.1, -0.05) is 6.07 Å². The van der Waals surface area contributed by atoms with Crippen molar-refractivity contribution in [3.8, 4) is 11.5 Å². The quantitative estimate of drug-likeness (QED) is 0.669. The van der Waals surface area contributed by atoms with Gasteiger partial charge in [0.25, 0.3) is 0 Å². The number of fused-ring (bicyclic) bond motifs is 1. The number of ketones is 1. The molecule has 8 nitrogen and oxygen atoms in total. The van der Waals surface area contributed by atoms with Crippen LogP contribution in [0.3, 0.4) is 0 Å². The Hall–Kier alpha value is -3.34. The van der Waals surface area contributed by atoms with Crippen LogP contribution >= 0.6 is 0 Å². The fraction of sp³-hybridized carbons (Fsp3) is 0.278. The molecule has 29 heavy (non-hydrogen) atoms. The number of carbonyl (C=O) groups is 2. The lowest BCUT2D eigenvalue weighted by atomic mass is 9.77. The molecule has 2 aromatic rings. The maximum Gasteiger partial charge on any atom is 0.437 e. The molecule has 1 aromatic heterocycles. The van der Waals surface area contributed by atoms with Gasteiger partial charge in [-0.25, -0.2) is 4.79 Å². The number of aromatic nitrogens is 1. The van der Waals surface area contributed by atoms with Crippen LogP contribution in [-0.2, 0) is 0 Å². The molecule has 0 radical (unpaired) electrons. The van der Waals surface area contributed by atoms with Gasteiger partial charge in [0.1, 0.15) is 5.92 Å². The maximum absolute atomic E-state index is 13.8. The minimum atomic E-state index is -5.33. The second-order valence-electron chi connectivity index (χ2n) is 6.54. The molecule has 3 atom stereocenters. The van der Waals surface area contributed by atoms with Crippen LogP contribution in [0.2, 0.25) is 0 Å². The van der Waals surface area contributed by atoms with E-state index in [1.807, 2.05) is 0 Å². The molecule has 0 saturated carbocycles. The van der Waals surface area contributed by atoms with Gasteiger partial charge >= 0.3 is 12.2 Å². The fourth-order valence-corrected chi connectivity index (χ4v) is 3.41. The van der Waals surface area contributed by atoms with Gasteiger partial charge in [0, 0.05) is 18.0 Å². The summed E-state index contributed by atoms with van der Waals surface area (Å²) in [5.41, 5.74) is -3.82. The number of urea groups is 1. The van der Waals surface area contributed by atoms with Crippen LogP contribution in [0.4, 0.5) is 18.0 Å². The first-order valence-corrected chi connectivity index (χ1v) is 8.42. The number of Topliss-reactive ketones (excluding diaryl/α,β-unsaturated/α-hetero) is 1. The number of carbonyl (C=O) groups excluding carboxylic acids is 2. The van der Waals surface area contributed by atoms with E-state index in [2.05, 4.69) is 10.3 Å². The second kappa shape index (κ2) is 6.62. The molecule has 1 fully saturated rings. The molecule has 2 amide bonds. The lowest BCUT2D eigenvalue weighted by molar-refractivity contribution is -0.287. The Bertz CT molecular complexity index is 969. The van der Waals surface area contributed by atoms with Crippen molar-refractivity contribution in [3.63, 3.8) is 0 Å². The lowest BCUT2D eigenvalue weighted by Gasteiger charge is -2.45. The molecule has 0 unspecified atom stereocenters. The van der Waals surface area contributed by atoms with Crippen LogP contribution in [-0.4, -0.2) is 40.6 Å². The Morgan fingerprint density at radius 1 is 1.24 bits per heavy atom. The minimum Gasteiger partial charge on any atom is -0.454 e. The Balaban J connectivity index is 1.84. The molecular formula is C18H14F3N3O5. The Morgan fingerprint density at radius 3 is 2.69 bits per heavy atom. The third-order valence-electron chi connectivity index (χ3n) is 4.79. The number of alkyl halides is 3. The van der Waals surface area contributed by atoms with Gasteiger partial charge in [0.05, 0.1) is 6.04 Å². The van der Waals surface area contributed by atoms with Gasteiger partial charge in [-0.15, -0.1) is 0 Å². The molecule has 152 valence electrons. The Kier molecular flexibility index (Phi) is 4.34.